The van der Waals surface area contributed by atoms with Gasteiger partial charge in [0.1, 0.15) is 30.5 Å². The Labute approximate surface area is 349 Å². The molecule has 6 atom stereocenters. The van der Waals surface area contributed by atoms with Gasteiger partial charge in [-0.3, -0.25) is 4.79 Å². The molecule has 0 aromatic heterocycles. The molecule has 0 bridgehead atoms. The molecule has 9 nitrogen and oxygen atoms in total. The number of aliphatic hydroxyl groups excluding tert-OH is 4. The summed E-state index contributed by atoms with van der Waals surface area (Å²) in [4.78, 5) is 12.8. The quantitative estimate of drug-likeness (QED) is 0.0270. The van der Waals surface area contributed by atoms with Crippen LogP contribution in [0.4, 0.5) is 0 Å². The summed E-state index contributed by atoms with van der Waals surface area (Å²) >= 11 is 0. The van der Waals surface area contributed by atoms with Gasteiger partial charge in [0, 0.05) is 13.0 Å². The lowest BCUT2D eigenvalue weighted by Crippen LogP contribution is -2.59. The number of allylic oxidation sites excluding steroid dienone is 4. The first kappa shape index (κ1) is 53.7. The summed E-state index contributed by atoms with van der Waals surface area (Å²) in [6, 6.07) is 0. The molecule has 0 aromatic rings. The molecule has 336 valence electrons. The second-order valence-corrected chi connectivity index (χ2v) is 16.6. The van der Waals surface area contributed by atoms with Gasteiger partial charge in [0.05, 0.1) is 19.8 Å². The van der Waals surface area contributed by atoms with Crippen molar-refractivity contribution in [1.29, 1.82) is 0 Å². The molecule has 1 aliphatic rings. The highest BCUT2D eigenvalue weighted by Gasteiger charge is 2.44. The first-order valence-corrected chi connectivity index (χ1v) is 23.9. The van der Waals surface area contributed by atoms with Gasteiger partial charge in [0.2, 0.25) is 0 Å². The summed E-state index contributed by atoms with van der Waals surface area (Å²) in [6.07, 6.45) is 39.2. The van der Waals surface area contributed by atoms with Gasteiger partial charge < -0.3 is 39.4 Å². The Balaban J connectivity index is 2.20. The van der Waals surface area contributed by atoms with Gasteiger partial charge in [-0.05, 0) is 44.9 Å². The molecule has 0 saturated carbocycles. The highest BCUT2D eigenvalue weighted by atomic mass is 16.7. The lowest BCUT2D eigenvalue weighted by Gasteiger charge is -2.39. The molecule has 1 aliphatic heterocycles. The molecule has 1 rings (SSSR count). The van der Waals surface area contributed by atoms with Crippen LogP contribution < -0.4 is 0 Å². The zero-order valence-corrected chi connectivity index (χ0v) is 36.9. The number of ether oxygens (including phenoxy) is 4. The van der Waals surface area contributed by atoms with Crippen molar-refractivity contribution in [2.24, 2.45) is 0 Å². The Morgan fingerprint density at radius 1 is 0.561 bits per heavy atom. The average molecular weight is 811 g/mol. The first-order chi connectivity index (χ1) is 27.9. The zero-order valence-electron chi connectivity index (χ0n) is 36.9. The fourth-order valence-corrected chi connectivity index (χ4v) is 7.35. The Kier molecular flexibility index (Phi) is 37.8. The number of esters is 1. The molecule has 0 amide bonds. The van der Waals surface area contributed by atoms with E-state index in [9.17, 15) is 25.2 Å². The van der Waals surface area contributed by atoms with Gasteiger partial charge in [-0.1, -0.05) is 186 Å². The third-order valence-electron chi connectivity index (χ3n) is 11.1. The normalized spacial score (nSPS) is 20.6. The van der Waals surface area contributed by atoms with Crippen LogP contribution in [0.5, 0.6) is 0 Å². The standard InChI is InChI=1S/C48H90O9/c1-3-5-7-9-11-13-15-17-18-19-20-21-22-23-24-25-26-28-30-32-34-36-38-54-40-42(41-55-48-47(53)46(52)45(51)43(39-49)57-48)56-44(50)37-35-33-31-29-27-16-14-12-10-8-6-4-2/h15,17,19-20,42-43,45-49,51-53H,3-14,16,18,21-41H2,1-2H3/b17-15-,20-19-. The Morgan fingerprint density at radius 2 is 1.02 bits per heavy atom. The van der Waals surface area contributed by atoms with Crippen LogP contribution in [-0.4, -0.2) is 89.6 Å². The van der Waals surface area contributed by atoms with E-state index >= 15 is 0 Å². The number of aliphatic hydroxyl groups is 4. The van der Waals surface area contributed by atoms with E-state index in [0.29, 0.717) is 13.0 Å². The second-order valence-electron chi connectivity index (χ2n) is 16.6. The largest absolute Gasteiger partial charge is 0.457 e. The predicted octanol–water partition coefficient (Wildman–Crippen LogP) is 11.0. The van der Waals surface area contributed by atoms with Crippen LogP contribution in [0.1, 0.15) is 213 Å². The summed E-state index contributed by atoms with van der Waals surface area (Å²) in [5.41, 5.74) is 0. The fraction of sp³-hybridized carbons (Fsp3) is 0.896. The van der Waals surface area contributed by atoms with Crippen molar-refractivity contribution in [2.45, 2.75) is 250 Å². The molecule has 1 heterocycles. The van der Waals surface area contributed by atoms with E-state index in [0.717, 1.165) is 38.5 Å². The van der Waals surface area contributed by atoms with E-state index in [1.54, 1.807) is 0 Å². The van der Waals surface area contributed by atoms with Gasteiger partial charge in [-0.15, -0.1) is 0 Å². The average Bonchev–Trinajstić information content (AvgIpc) is 3.21. The number of carbonyl (C=O) groups excluding carboxylic acids is 1. The van der Waals surface area contributed by atoms with Gasteiger partial charge in [-0.2, -0.15) is 0 Å². The molecule has 57 heavy (non-hydrogen) atoms. The lowest BCUT2D eigenvalue weighted by molar-refractivity contribution is -0.305. The van der Waals surface area contributed by atoms with Crippen LogP contribution in [0.15, 0.2) is 24.3 Å². The molecule has 6 unspecified atom stereocenters. The third-order valence-corrected chi connectivity index (χ3v) is 11.1. The number of unbranched alkanes of at least 4 members (excludes halogenated alkanes) is 26. The third kappa shape index (κ3) is 31.2. The summed E-state index contributed by atoms with van der Waals surface area (Å²) < 4.78 is 22.8. The summed E-state index contributed by atoms with van der Waals surface area (Å²) in [7, 11) is 0. The summed E-state index contributed by atoms with van der Waals surface area (Å²) in [5.74, 6) is -0.313. The van der Waals surface area contributed by atoms with E-state index in [2.05, 4.69) is 38.2 Å². The second kappa shape index (κ2) is 40.1. The van der Waals surface area contributed by atoms with Crippen LogP contribution >= 0.6 is 0 Å². The van der Waals surface area contributed by atoms with Crippen LogP contribution in [-0.2, 0) is 23.7 Å². The maximum Gasteiger partial charge on any atom is 0.306 e. The first-order valence-electron chi connectivity index (χ1n) is 23.9. The fourth-order valence-electron chi connectivity index (χ4n) is 7.35. The van der Waals surface area contributed by atoms with Crippen molar-refractivity contribution in [3.05, 3.63) is 24.3 Å². The van der Waals surface area contributed by atoms with Gasteiger partial charge >= 0.3 is 5.97 Å². The van der Waals surface area contributed by atoms with E-state index < -0.39 is 43.4 Å². The van der Waals surface area contributed by atoms with Crippen molar-refractivity contribution in [1.82, 2.24) is 0 Å². The Bertz CT molecular complexity index is 926. The molecule has 0 radical (unpaired) electrons. The van der Waals surface area contributed by atoms with Gasteiger partial charge in [0.25, 0.3) is 0 Å². The smallest absolute Gasteiger partial charge is 0.306 e. The Morgan fingerprint density at radius 3 is 1.51 bits per heavy atom. The highest BCUT2D eigenvalue weighted by Crippen LogP contribution is 2.23. The number of rotatable bonds is 41. The molecule has 0 aromatic carbocycles. The van der Waals surface area contributed by atoms with Crippen molar-refractivity contribution in [3.63, 3.8) is 0 Å². The maximum atomic E-state index is 12.8. The Hall–Kier alpha value is -1.33. The van der Waals surface area contributed by atoms with E-state index in [-0.39, 0.29) is 19.2 Å². The summed E-state index contributed by atoms with van der Waals surface area (Å²) in [5, 5.41) is 40.1. The minimum absolute atomic E-state index is 0.111. The minimum atomic E-state index is -1.53. The topological polar surface area (TPSA) is 135 Å². The zero-order chi connectivity index (χ0) is 41.4. The number of hydrogen-bond donors (Lipinski definition) is 4. The summed E-state index contributed by atoms with van der Waals surface area (Å²) in [6.45, 7) is 4.56. The van der Waals surface area contributed by atoms with Crippen molar-refractivity contribution in [2.75, 3.05) is 26.4 Å². The highest BCUT2D eigenvalue weighted by molar-refractivity contribution is 5.69. The maximum absolute atomic E-state index is 12.8. The van der Waals surface area contributed by atoms with Crippen molar-refractivity contribution < 1.29 is 44.2 Å². The van der Waals surface area contributed by atoms with E-state index in [4.69, 9.17) is 18.9 Å². The molecule has 9 heteroatoms. The number of carbonyl (C=O) groups is 1. The van der Waals surface area contributed by atoms with Crippen LogP contribution in [0, 0.1) is 0 Å². The monoisotopic (exact) mass is 811 g/mol. The molecule has 1 saturated heterocycles. The molecular weight excluding hydrogens is 721 g/mol. The lowest BCUT2D eigenvalue weighted by atomic mass is 9.99. The van der Waals surface area contributed by atoms with Crippen LogP contribution in [0.3, 0.4) is 0 Å². The van der Waals surface area contributed by atoms with E-state index in [1.807, 2.05) is 0 Å². The van der Waals surface area contributed by atoms with Gasteiger partial charge in [-0.25, -0.2) is 0 Å². The molecule has 0 aliphatic carbocycles. The SMILES string of the molecule is CCCCCCC/C=C\C/C=C\CCCCCCCCCCCCOCC(COC1OC(CO)C(O)C(O)C1O)OC(=O)CCCCCCCCCCCCCC. The van der Waals surface area contributed by atoms with Gasteiger partial charge in [0.15, 0.2) is 6.29 Å². The van der Waals surface area contributed by atoms with E-state index in [1.165, 1.54) is 154 Å². The molecule has 0 spiro atoms. The molecule has 4 N–H and O–H groups in total. The van der Waals surface area contributed by atoms with Crippen molar-refractivity contribution >= 4 is 5.97 Å². The minimum Gasteiger partial charge on any atom is -0.457 e. The molecule has 1 fully saturated rings. The number of hydrogen-bond acceptors (Lipinski definition) is 9. The molecular formula is C48H90O9. The van der Waals surface area contributed by atoms with Crippen LogP contribution in [0.25, 0.3) is 0 Å². The van der Waals surface area contributed by atoms with Crippen LogP contribution in [0.2, 0.25) is 0 Å². The predicted molar refractivity (Wildman–Crippen MR) is 233 cm³/mol. The van der Waals surface area contributed by atoms with Crippen molar-refractivity contribution in [3.8, 4) is 0 Å².